The smallest absolute Gasteiger partial charge is 0.0191 e. The van der Waals surface area contributed by atoms with Gasteiger partial charge in [0.25, 0.3) is 0 Å². The molecule has 0 aromatic heterocycles. The van der Waals surface area contributed by atoms with Crippen LogP contribution >= 0.6 is 0 Å². The Morgan fingerprint density at radius 1 is 1.62 bits per heavy atom. The summed E-state index contributed by atoms with van der Waals surface area (Å²) in [4.78, 5) is 0. The van der Waals surface area contributed by atoms with E-state index < -0.39 is 0 Å². The molecule has 3 aliphatic carbocycles. The molecule has 8 heavy (non-hydrogen) atoms. The lowest BCUT2D eigenvalue weighted by Crippen LogP contribution is -2.72. The quantitative estimate of drug-likeness (QED) is 0.539. The van der Waals surface area contributed by atoms with E-state index in [1.54, 1.807) is 0 Å². The lowest BCUT2D eigenvalue weighted by molar-refractivity contribution is -0.111. The SMILES string of the molecule is CCC1C2CC1(N)C2. The summed E-state index contributed by atoms with van der Waals surface area (Å²) in [6, 6.07) is 0. The third-order valence-corrected chi connectivity index (χ3v) is 3.03. The van der Waals surface area contributed by atoms with Gasteiger partial charge in [-0.1, -0.05) is 13.3 Å². The number of hydrogen-bond acceptors (Lipinski definition) is 1. The normalized spacial score (nSPS) is 59.2. The van der Waals surface area contributed by atoms with Crippen molar-refractivity contribution in [3.63, 3.8) is 0 Å². The molecule has 0 amide bonds. The van der Waals surface area contributed by atoms with Gasteiger partial charge in [0.15, 0.2) is 0 Å². The topological polar surface area (TPSA) is 26.0 Å². The third-order valence-electron chi connectivity index (χ3n) is 3.03. The molecule has 0 aromatic rings. The Bertz CT molecular complexity index is 114. The summed E-state index contributed by atoms with van der Waals surface area (Å²) < 4.78 is 0. The first kappa shape index (κ1) is 4.80. The van der Waals surface area contributed by atoms with Crippen molar-refractivity contribution in [2.45, 2.75) is 31.7 Å². The van der Waals surface area contributed by atoms with Crippen molar-refractivity contribution in [2.24, 2.45) is 17.6 Å². The van der Waals surface area contributed by atoms with Gasteiger partial charge in [0.2, 0.25) is 0 Å². The summed E-state index contributed by atoms with van der Waals surface area (Å²) in [6.07, 6.45) is 3.96. The van der Waals surface area contributed by atoms with E-state index in [4.69, 9.17) is 5.73 Å². The van der Waals surface area contributed by atoms with Crippen molar-refractivity contribution in [3.05, 3.63) is 0 Å². The van der Waals surface area contributed by atoms with Crippen LogP contribution in [-0.4, -0.2) is 5.54 Å². The molecule has 0 aromatic carbocycles. The Labute approximate surface area is 50.3 Å². The lowest BCUT2D eigenvalue weighted by atomic mass is 9.42. The number of rotatable bonds is 1. The Kier molecular flexibility index (Phi) is 0.663. The molecule has 0 saturated heterocycles. The minimum absolute atomic E-state index is 0.333. The van der Waals surface area contributed by atoms with Crippen molar-refractivity contribution < 1.29 is 0 Å². The first-order valence-electron chi connectivity index (χ1n) is 3.55. The average molecular weight is 111 g/mol. The molecule has 0 spiro atoms. The van der Waals surface area contributed by atoms with Crippen LogP contribution in [0.15, 0.2) is 0 Å². The predicted octanol–water partition coefficient (Wildman–Crippen LogP) is 1.13. The molecule has 0 aliphatic heterocycles. The summed E-state index contributed by atoms with van der Waals surface area (Å²) >= 11 is 0. The monoisotopic (exact) mass is 111 g/mol. The Balaban J connectivity index is 2.04. The molecule has 1 nitrogen and oxygen atoms in total. The zero-order valence-corrected chi connectivity index (χ0v) is 5.35. The summed E-state index contributed by atoms with van der Waals surface area (Å²) in [5.74, 6) is 1.94. The van der Waals surface area contributed by atoms with Gasteiger partial charge >= 0.3 is 0 Å². The van der Waals surface area contributed by atoms with E-state index in [-0.39, 0.29) is 0 Å². The first-order valence-corrected chi connectivity index (χ1v) is 3.55. The van der Waals surface area contributed by atoms with Crippen LogP contribution in [0.4, 0.5) is 0 Å². The van der Waals surface area contributed by atoms with Crippen molar-refractivity contribution in [3.8, 4) is 0 Å². The maximum atomic E-state index is 5.94. The molecule has 0 heterocycles. The molecule has 1 heteroatoms. The van der Waals surface area contributed by atoms with Crippen LogP contribution in [0.3, 0.4) is 0 Å². The fourth-order valence-electron chi connectivity index (χ4n) is 2.39. The fourth-order valence-corrected chi connectivity index (χ4v) is 2.39. The Hall–Kier alpha value is -0.0400. The molecule has 46 valence electrons. The van der Waals surface area contributed by atoms with Crippen LogP contribution in [0, 0.1) is 11.8 Å². The van der Waals surface area contributed by atoms with E-state index in [9.17, 15) is 0 Å². The highest BCUT2D eigenvalue weighted by Crippen LogP contribution is 2.61. The average Bonchev–Trinajstić information content (AvgIpc) is 1.62. The minimum Gasteiger partial charge on any atom is -0.325 e. The van der Waals surface area contributed by atoms with Crippen LogP contribution in [0.5, 0.6) is 0 Å². The zero-order chi connectivity index (χ0) is 5.78. The van der Waals surface area contributed by atoms with Crippen LogP contribution < -0.4 is 5.73 Å². The van der Waals surface area contributed by atoms with Crippen LogP contribution in [0.25, 0.3) is 0 Å². The minimum atomic E-state index is 0.333. The molecule has 3 saturated carbocycles. The van der Waals surface area contributed by atoms with Gasteiger partial charge < -0.3 is 5.73 Å². The second-order valence-corrected chi connectivity index (χ2v) is 3.42. The molecule has 3 rings (SSSR count). The van der Waals surface area contributed by atoms with Crippen molar-refractivity contribution in [2.75, 3.05) is 0 Å². The fraction of sp³-hybridized carbons (Fsp3) is 1.00. The summed E-state index contributed by atoms with van der Waals surface area (Å²) in [7, 11) is 0. The van der Waals surface area contributed by atoms with E-state index in [2.05, 4.69) is 6.92 Å². The summed E-state index contributed by atoms with van der Waals surface area (Å²) in [5, 5.41) is 0. The van der Waals surface area contributed by atoms with Crippen molar-refractivity contribution in [1.29, 1.82) is 0 Å². The van der Waals surface area contributed by atoms with E-state index in [0.717, 1.165) is 11.8 Å². The van der Waals surface area contributed by atoms with Gasteiger partial charge in [-0.15, -0.1) is 0 Å². The molecule has 2 N–H and O–H groups in total. The molecule has 3 aliphatic rings. The van der Waals surface area contributed by atoms with Gasteiger partial charge in [0, 0.05) is 5.54 Å². The Morgan fingerprint density at radius 2 is 2.25 bits per heavy atom. The largest absolute Gasteiger partial charge is 0.325 e. The molecule has 1 unspecified atom stereocenters. The van der Waals surface area contributed by atoms with Gasteiger partial charge in [0.1, 0.15) is 0 Å². The van der Waals surface area contributed by atoms with E-state index in [0.29, 0.717) is 5.54 Å². The van der Waals surface area contributed by atoms with Gasteiger partial charge in [-0.2, -0.15) is 0 Å². The van der Waals surface area contributed by atoms with Gasteiger partial charge in [-0.3, -0.25) is 0 Å². The molecule has 3 fully saturated rings. The molecular weight excluding hydrogens is 98.1 g/mol. The van der Waals surface area contributed by atoms with Crippen molar-refractivity contribution in [1.82, 2.24) is 0 Å². The van der Waals surface area contributed by atoms with E-state index >= 15 is 0 Å². The highest BCUT2D eigenvalue weighted by Gasteiger charge is 2.61. The lowest BCUT2D eigenvalue weighted by Gasteiger charge is -2.66. The zero-order valence-electron chi connectivity index (χ0n) is 5.35. The summed E-state index contributed by atoms with van der Waals surface area (Å²) in [5.41, 5.74) is 6.28. The highest BCUT2D eigenvalue weighted by atomic mass is 14.9. The van der Waals surface area contributed by atoms with Gasteiger partial charge in [-0.05, 0) is 24.7 Å². The molecule has 2 bridgehead atoms. The predicted molar refractivity (Wildman–Crippen MR) is 33.4 cm³/mol. The third kappa shape index (κ3) is 0.304. The van der Waals surface area contributed by atoms with E-state index in [1.807, 2.05) is 0 Å². The van der Waals surface area contributed by atoms with Crippen LogP contribution in [-0.2, 0) is 0 Å². The number of nitrogens with two attached hydrogens (primary N) is 1. The molecule has 1 atom stereocenters. The molecule has 0 radical (unpaired) electrons. The van der Waals surface area contributed by atoms with Gasteiger partial charge in [0.05, 0.1) is 0 Å². The van der Waals surface area contributed by atoms with Crippen LogP contribution in [0.2, 0.25) is 0 Å². The number of hydrogen-bond donors (Lipinski definition) is 1. The van der Waals surface area contributed by atoms with Gasteiger partial charge in [-0.25, -0.2) is 0 Å². The Morgan fingerprint density at radius 3 is 2.25 bits per heavy atom. The summed E-state index contributed by atoms with van der Waals surface area (Å²) in [6.45, 7) is 2.25. The molecular formula is C7H13N. The maximum absolute atomic E-state index is 5.94. The van der Waals surface area contributed by atoms with Crippen molar-refractivity contribution >= 4 is 0 Å². The van der Waals surface area contributed by atoms with Crippen LogP contribution in [0.1, 0.15) is 26.2 Å². The maximum Gasteiger partial charge on any atom is 0.0191 e. The van der Waals surface area contributed by atoms with E-state index in [1.165, 1.54) is 19.3 Å². The highest BCUT2D eigenvalue weighted by molar-refractivity contribution is 5.17. The first-order chi connectivity index (χ1) is 3.76. The second kappa shape index (κ2) is 1.10. The second-order valence-electron chi connectivity index (χ2n) is 3.42. The standard InChI is InChI=1S/C7H13N/c1-2-6-5-3-7(6,8)4-5/h5-6H,2-4,8H2,1H3.